The van der Waals surface area contributed by atoms with Crippen LogP contribution in [0.3, 0.4) is 0 Å². The van der Waals surface area contributed by atoms with E-state index in [1.807, 2.05) is 30.3 Å². The molecule has 0 aliphatic carbocycles. The van der Waals surface area contributed by atoms with Crippen molar-refractivity contribution in [2.75, 3.05) is 31.1 Å². The number of rotatable bonds is 2. The van der Waals surface area contributed by atoms with Crippen molar-refractivity contribution >= 4 is 23.4 Å². The fourth-order valence-corrected chi connectivity index (χ4v) is 4.10. The largest absolute Gasteiger partial charge is 0.335 e. The maximum atomic E-state index is 12.8. The quantitative estimate of drug-likeness (QED) is 0.776. The van der Waals surface area contributed by atoms with Crippen LogP contribution in [0.15, 0.2) is 48.9 Å². The number of likely N-dealkylation sites (tertiary alicyclic amines) is 1. The van der Waals surface area contributed by atoms with Gasteiger partial charge in [-0.25, -0.2) is 4.98 Å². The van der Waals surface area contributed by atoms with Gasteiger partial charge in [-0.15, -0.1) is 0 Å². The number of piperazine rings is 1. The van der Waals surface area contributed by atoms with E-state index >= 15 is 0 Å². The SMILES string of the molecule is CC(=O)N1CC(=O)N(c2ccccc2)CC12CCN(C(=O)c1cnccn1)C2. The average Bonchev–Trinajstić information content (AvgIpc) is 3.14. The molecule has 3 amide bonds. The van der Waals surface area contributed by atoms with E-state index in [1.165, 1.54) is 25.5 Å². The van der Waals surface area contributed by atoms with E-state index in [1.54, 1.807) is 14.7 Å². The number of anilines is 1. The maximum absolute atomic E-state index is 12.8. The van der Waals surface area contributed by atoms with Crippen LogP contribution in [0.4, 0.5) is 5.69 Å². The fraction of sp³-hybridized carbons (Fsp3) is 0.350. The van der Waals surface area contributed by atoms with Gasteiger partial charge in [0.1, 0.15) is 12.2 Å². The number of benzene rings is 1. The standard InChI is InChI=1S/C20H21N5O3/c1-15(26)25-12-18(27)24(16-5-3-2-4-6-16)14-20(25)7-10-23(13-20)19(28)17-11-21-8-9-22-17/h2-6,8-9,11H,7,10,12-14H2,1H3. The molecule has 2 aromatic rings. The molecule has 1 spiro atoms. The van der Waals surface area contributed by atoms with Gasteiger partial charge >= 0.3 is 0 Å². The summed E-state index contributed by atoms with van der Waals surface area (Å²) >= 11 is 0. The summed E-state index contributed by atoms with van der Waals surface area (Å²) < 4.78 is 0. The number of para-hydroxylation sites is 1. The highest BCUT2D eigenvalue weighted by Gasteiger charge is 2.51. The molecule has 3 heterocycles. The minimum absolute atomic E-state index is 0.0113. The van der Waals surface area contributed by atoms with Gasteiger partial charge in [-0.1, -0.05) is 18.2 Å². The van der Waals surface area contributed by atoms with Gasteiger partial charge in [0.05, 0.1) is 18.3 Å². The first kappa shape index (κ1) is 18.1. The Morgan fingerprint density at radius 1 is 1.11 bits per heavy atom. The van der Waals surface area contributed by atoms with E-state index in [0.717, 1.165) is 5.69 Å². The zero-order valence-corrected chi connectivity index (χ0v) is 15.6. The molecule has 0 N–H and O–H groups in total. The van der Waals surface area contributed by atoms with E-state index in [0.29, 0.717) is 26.1 Å². The molecule has 8 nitrogen and oxygen atoms in total. The third-order valence-corrected chi connectivity index (χ3v) is 5.47. The second-order valence-corrected chi connectivity index (χ2v) is 7.21. The summed E-state index contributed by atoms with van der Waals surface area (Å²) in [5.41, 5.74) is 0.475. The normalized spacial score (nSPS) is 22.0. The summed E-state index contributed by atoms with van der Waals surface area (Å²) in [6.45, 7) is 2.70. The van der Waals surface area contributed by atoms with E-state index in [2.05, 4.69) is 9.97 Å². The van der Waals surface area contributed by atoms with Crippen molar-refractivity contribution in [2.45, 2.75) is 18.9 Å². The molecular weight excluding hydrogens is 358 g/mol. The first-order valence-electron chi connectivity index (χ1n) is 9.19. The van der Waals surface area contributed by atoms with Crippen LogP contribution in [-0.4, -0.2) is 69.2 Å². The van der Waals surface area contributed by atoms with Crippen LogP contribution in [-0.2, 0) is 9.59 Å². The fourth-order valence-electron chi connectivity index (χ4n) is 4.10. The summed E-state index contributed by atoms with van der Waals surface area (Å²) in [5.74, 6) is -0.489. The second kappa shape index (κ2) is 7.03. The average molecular weight is 379 g/mol. The molecule has 0 radical (unpaired) electrons. The van der Waals surface area contributed by atoms with Gasteiger partial charge < -0.3 is 14.7 Å². The van der Waals surface area contributed by atoms with Gasteiger partial charge in [0, 0.05) is 38.1 Å². The lowest BCUT2D eigenvalue weighted by atomic mass is 9.91. The van der Waals surface area contributed by atoms with Crippen LogP contribution in [0.25, 0.3) is 0 Å². The molecule has 28 heavy (non-hydrogen) atoms. The van der Waals surface area contributed by atoms with Gasteiger partial charge in [0.25, 0.3) is 5.91 Å². The monoisotopic (exact) mass is 379 g/mol. The van der Waals surface area contributed by atoms with Crippen molar-refractivity contribution in [3.05, 3.63) is 54.6 Å². The van der Waals surface area contributed by atoms with Crippen molar-refractivity contribution < 1.29 is 14.4 Å². The maximum Gasteiger partial charge on any atom is 0.274 e. The van der Waals surface area contributed by atoms with Gasteiger partial charge in [0.15, 0.2) is 0 Å². The van der Waals surface area contributed by atoms with Crippen molar-refractivity contribution in [3.8, 4) is 0 Å². The van der Waals surface area contributed by atoms with Gasteiger partial charge in [-0.3, -0.25) is 19.4 Å². The van der Waals surface area contributed by atoms with Crippen LogP contribution in [0.1, 0.15) is 23.8 Å². The number of amides is 3. The van der Waals surface area contributed by atoms with Crippen LogP contribution >= 0.6 is 0 Å². The molecule has 2 fully saturated rings. The summed E-state index contributed by atoms with van der Waals surface area (Å²) in [6.07, 6.45) is 5.05. The molecule has 2 aliphatic rings. The summed E-state index contributed by atoms with van der Waals surface area (Å²) in [5, 5.41) is 0. The summed E-state index contributed by atoms with van der Waals surface area (Å²) in [6, 6.07) is 9.42. The molecule has 2 saturated heterocycles. The molecule has 1 aromatic carbocycles. The molecule has 1 atom stereocenters. The molecule has 0 bridgehead atoms. The third kappa shape index (κ3) is 3.11. The lowest BCUT2D eigenvalue weighted by Gasteiger charge is -2.48. The third-order valence-electron chi connectivity index (χ3n) is 5.47. The van der Waals surface area contributed by atoms with E-state index in [-0.39, 0.29) is 30.0 Å². The second-order valence-electron chi connectivity index (χ2n) is 7.21. The topological polar surface area (TPSA) is 86.7 Å². The molecule has 2 aliphatic heterocycles. The Kier molecular flexibility index (Phi) is 4.54. The first-order chi connectivity index (χ1) is 13.5. The van der Waals surface area contributed by atoms with Crippen LogP contribution in [0, 0.1) is 0 Å². The number of hydrogen-bond acceptors (Lipinski definition) is 5. The summed E-state index contributed by atoms with van der Waals surface area (Å²) in [7, 11) is 0. The Morgan fingerprint density at radius 2 is 1.89 bits per heavy atom. The molecular formula is C20H21N5O3. The van der Waals surface area contributed by atoms with Crippen molar-refractivity contribution in [1.29, 1.82) is 0 Å². The highest BCUT2D eigenvalue weighted by molar-refractivity contribution is 5.98. The van der Waals surface area contributed by atoms with Gasteiger partial charge in [-0.05, 0) is 18.6 Å². The van der Waals surface area contributed by atoms with Gasteiger partial charge in [-0.2, -0.15) is 0 Å². The number of carbonyl (C=O) groups is 3. The van der Waals surface area contributed by atoms with E-state index in [9.17, 15) is 14.4 Å². The number of aromatic nitrogens is 2. The van der Waals surface area contributed by atoms with Gasteiger partial charge in [0.2, 0.25) is 11.8 Å². The van der Waals surface area contributed by atoms with Crippen molar-refractivity contribution in [2.24, 2.45) is 0 Å². The minimum Gasteiger partial charge on any atom is -0.335 e. The highest BCUT2D eigenvalue weighted by Crippen LogP contribution is 2.35. The van der Waals surface area contributed by atoms with Crippen molar-refractivity contribution in [3.63, 3.8) is 0 Å². The van der Waals surface area contributed by atoms with Crippen LogP contribution in [0.5, 0.6) is 0 Å². The lowest BCUT2D eigenvalue weighted by molar-refractivity contribution is -0.142. The Bertz CT molecular complexity index is 905. The summed E-state index contributed by atoms with van der Waals surface area (Å²) in [4.78, 5) is 50.9. The first-order valence-corrected chi connectivity index (χ1v) is 9.19. The molecule has 4 rings (SSSR count). The zero-order chi connectivity index (χ0) is 19.7. The highest BCUT2D eigenvalue weighted by atomic mass is 16.2. The number of carbonyl (C=O) groups excluding carboxylic acids is 3. The molecule has 1 unspecified atom stereocenters. The molecule has 1 aromatic heterocycles. The Hall–Kier alpha value is -3.29. The predicted molar refractivity (Wildman–Crippen MR) is 101 cm³/mol. The van der Waals surface area contributed by atoms with Crippen LogP contribution < -0.4 is 4.90 Å². The zero-order valence-electron chi connectivity index (χ0n) is 15.6. The minimum atomic E-state index is -0.604. The predicted octanol–water partition coefficient (Wildman–Crippen LogP) is 0.957. The Balaban J connectivity index is 1.62. The van der Waals surface area contributed by atoms with E-state index < -0.39 is 5.54 Å². The van der Waals surface area contributed by atoms with E-state index in [4.69, 9.17) is 0 Å². The lowest BCUT2D eigenvalue weighted by Crippen LogP contribution is -2.67. The number of hydrogen-bond donors (Lipinski definition) is 0. The Morgan fingerprint density at radius 3 is 2.57 bits per heavy atom. The molecule has 8 heteroatoms. The van der Waals surface area contributed by atoms with Crippen LogP contribution in [0.2, 0.25) is 0 Å². The molecule has 144 valence electrons. The number of nitrogens with zero attached hydrogens (tertiary/aromatic N) is 5. The van der Waals surface area contributed by atoms with Crippen molar-refractivity contribution in [1.82, 2.24) is 19.8 Å². The molecule has 0 saturated carbocycles. The Labute approximate surface area is 162 Å². The smallest absolute Gasteiger partial charge is 0.274 e.